The maximum atomic E-state index is 13.1. The van der Waals surface area contributed by atoms with E-state index in [4.69, 9.17) is 0 Å². The molecule has 1 atom stereocenters. The maximum Gasteiger partial charge on any atom is 0.258 e. The molecule has 0 N–H and O–H groups in total. The molecule has 3 nitrogen and oxygen atoms in total. The Bertz CT molecular complexity index is 918. The first-order valence-corrected chi connectivity index (χ1v) is 8.42. The molecule has 0 bridgehead atoms. The molecule has 0 aliphatic carbocycles. The zero-order valence-electron chi connectivity index (χ0n) is 14.0. The second kappa shape index (κ2) is 5.75. The number of anilines is 1. The molecule has 24 heavy (non-hydrogen) atoms. The standard InChI is InChI=1S/C21H20N2O/c1-14-8-10-17-13-20-18(12-19(17)22-14)11-9-15(2)23(20)21(24)16-6-4-3-5-7-16/h3-8,10,12-13,15H,9,11H2,1-2H3/t15-/m0/s1. The Balaban J connectivity index is 1.85. The fourth-order valence-corrected chi connectivity index (χ4v) is 3.49. The number of pyridine rings is 1. The van der Waals surface area contributed by atoms with E-state index in [9.17, 15) is 4.79 Å². The van der Waals surface area contributed by atoms with Gasteiger partial charge in [-0.3, -0.25) is 9.78 Å². The van der Waals surface area contributed by atoms with Crippen LogP contribution in [-0.2, 0) is 6.42 Å². The Morgan fingerprint density at radius 1 is 1.12 bits per heavy atom. The Morgan fingerprint density at radius 2 is 1.92 bits per heavy atom. The van der Waals surface area contributed by atoms with Crippen LogP contribution in [0.3, 0.4) is 0 Å². The summed E-state index contributed by atoms with van der Waals surface area (Å²) in [6, 6.07) is 18.1. The summed E-state index contributed by atoms with van der Waals surface area (Å²) in [4.78, 5) is 19.7. The zero-order valence-corrected chi connectivity index (χ0v) is 14.0. The normalized spacial score (nSPS) is 16.9. The van der Waals surface area contributed by atoms with E-state index in [1.54, 1.807) is 0 Å². The monoisotopic (exact) mass is 316 g/mol. The van der Waals surface area contributed by atoms with Crippen LogP contribution in [0, 0.1) is 6.92 Å². The Morgan fingerprint density at radius 3 is 2.71 bits per heavy atom. The first-order valence-electron chi connectivity index (χ1n) is 8.42. The number of aryl methyl sites for hydroxylation is 2. The van der Waals surface area contributed by atoms with Crippen molar-refractivity contribution < 1.29 is 4.79 Å². The van der Waals surface area contributed by atoms with Gasteiger partial charge in [0.15, 0.2) is 0 Å². The molecule has 0 saturated carbocycles. The van der Waals surface area contributed by atoms with Gasteiger partial charge < -0.3 is 4.90 Å². The van der Waals surface area contributed by atoms with Crippen LogP contribution in [0.1, 0.15) is 35.0 Å². The van der Waals surface area contributed by atoms with E-state index in [0.29, 0.717) is 0 Å². The molecule has 0 radical (unpaired) electrons. The van der Waals surface area contributed by atoms with Crippen LogP contribution in [0.4, 0.5) is 5.69 Å². The van der Waals surface area contributed by atoms with Gasteiger partial charge in [-0.05, 0) is 62.6 Å². The molecule has 0 unspecified atom stereocenters. The number of benzene rings is 2. The molecule has 3 heteroatoms. The topological polar surface area (TPSA) is 33.2 Å². The van der Waals surface area contributed by atoms with Gasteiger partial charge >= 0.3 is 0 Å². The highest BCUT2D eigenvalue weighted by atomic mass is 16.2. The van der Waals surface area contributed by atoms with E-state index in [2.05, 4.69) is 30.1 Å². The van der Waals surface area contributed by atoms with Crippen molar-refractivity contribution in [3.05, 3.63) is 71.4 Å². The van der Waals surface area contributed by atoms with Crippen LogP contribution in [0.2, 0.25) is 0 Å². The summed E-state index contributed by atoms with van der Waals surface area (Å²) in [7, 11) is 0. The molecule has 3 aromatic rings. The summed E-state index contributed by atoms with van der Waals surface area (Å²) in [5.41, 5.74) is 5.00. The van der Waals surface area contributed by atoms with Crippen molar-refractivity contribution in [2.75, 3.05) is 4.90 Å². The number of amides is 1. The third kappa shape index (κ3) is 2.46. The molecule has 1 amide bonds. The lowest BCUT2D eigenvalue weighted by Crippen LogP contribution is -2.42. The third-order valence-corrected chi connectivity index (χ3v) is 4.80. The number of rotatable bonds is 1. The lowest BCUT2D eigenvalue weighted by Gasteiger charge is -2.35. The number of hydrogen-bond donors (Lipinski definition) is 0. The van der Waals surface area contributed by atoms with Crippen LogP contribution in [0.5, 0.6) is 0 Å². The SMILES string of the molecule is Cc1ccc2cc3c(cc2n1)CC[C@H](C)N3C(=O)c1ccccc1. The largest absolute Gasteiger partial charge is 0.305 e. The van der Waals surface area contributed by atoms with Crippen LogP contribution >= 0.6 is 0 Å². The predicted molar refractivity (Wildman–Crippen MR) is 97.5 cm³/mol. The molecule has 2 heterocycles. The van der Waals surface area contributed by atoms with Gasteiger partial charge in [-0.2, -0.15) is 0 Å². The average molecular weight is 316 g/mol. The van der Waals surface area contributed by atoms with Crippen LogP contribution in [0.25, 0.3) is 10.9 Å². The molecule has 1 aliphatic heterocycles. The summed E-state index contributed by atoms with van der Waals surface area (Å²) < 4.78 is 0. The molecular weight excluding hydrogens is 296 g/mol. The minimum Gasteiger partial charge on any atom is -0.305 e. The number of aromatic nitrogens is 1. The van der Waals surface area contributed by atoms with Crippen molar-refractivity contribution >= 4 is 22.5 Å². The molecule has 0 saturated heterocycles. The second-order valence-electron chi connectivity index (χ2n) is 6.56. The smallest absolute Gasteiger partial charge is 0.258 e. The Labute approximate surface area is 141 Å². The Kier molecular flexibility index (Phi) is 3.57. The number of fused-ring (bicyclic) bond motifs is 2. The van der Waals surface area contributed by atoms with Crippen molar-refractivity contribution in [2.24, 2.45) is 0 Å². The predicted octanol–water partition coefficient (Wildman–Crippen LogP) is 4.52. The van der Waals surface area contributed by atoms with E-state index in [1.807, 2.05) is 48.2 Å². The molecule has 1 aromatic heterocycles. The van der Waals surface area contributed by atoms with E-state index in [1.165, 1.54) is 5.56 Å². The fraction of sp³-hybridized carbons (Fsp3) is 0.238. The van der Waals surface area contributed by atoms with Gasteiger partial charge in [0.1, 0.15) is 0 Å². The van der Waals surface area contributed by atoms with E-state index in [-0.39, 0.29) is 11.9 Å². The minimum absolute atomic E-state index is 0.0727. The molecule has 4 rings (SSSR count). The number of carbonyl (C=O) groups excluding carboxylic acids is 1. The molecule has 1 aliphatic rings. The van der Waals surface area contributed by atoms with Crippen molar-refractivity contribution in [1.29, 1.82) is 0 Å². The zero-order chi connectivity index (χ0) is 16.7. The van der Waals surface area contributed by atoms with E-state index >= 15 is 0 Å². The molecular formula is C21H20N2O. The third-order valence-electron chi connectivity index (χ3n) is 4.80. The number of nitrogens with zero attached hydrogens (tertiary/aromatic N) is 2. The van der Waals surface area contributed by atoms with Crippen molar-refractivity contribution in [2.45, 2.75) is 32.7 Å². The van der Waals surface area contributed by atoms with Crippen molar-refractivity contribution in [1.82, 2.24) is 4.98 Å². The summed E-state index contributed by atoms with van der Waals surface area (Å²) >= 11 is 0. The molecule has 120 valence electrons. The number of hydrogen-bond acceptors (Lipinski definition) is 2. The van der Waals surface area contributed by atoms with Gasteiger partial charge in [0.05, 0.1) is 5.52 Å². The first kappa shape index (κ1) is 14.9. The summed E-state index contributed by atoms with van der Waals surface area (Å²) in [6.45, 7) is 4.13. The highest BCUT2D eigenvalue weighted by molar-refractivity contribution is 6.08. The van der Waals surface area contributed by atoms with Crippen molar-refractivity contribution in [3.8, 4) is 0 Å². The summed E-state index contributed by atoms with van der Waals surface area (Å²) in [6.07, 6.45) is 1.96. The first-order chi connectivity index (χ1) is 11.6. The Hall–Kier alpha value is -2.68. The average Bonchev–Trinajstić information content (AvgIpc) is 2.60. The molecule has 0 spiro atoms. The second-order valence-corrected chi connectivity index (χ2v) is 6.56. The highest BCUT2D eigenvalue weighted by Crippen LogP contribution is 2.35. The molecule has 0 fully saturated rings. The molecule has 2 aromatic carbocycles. The summed E-state index contributed by atoms with van der Waals surface area (Å²) in [5.74, 6) is 0.0727. The van der Waals surface area contributed by atoms with Gasteiger partial charge in [-0.1, -0.05) is 24.3 Å². The fourth-order valence-electron chi connectivity index (χ4n) is 3.49. The van der Waals surface area contributed by atoms with Gasteiger partial charge in [0, 0.05) is 28.4 Å². The van der Waals surface area contributed by atoms with Crippen LogP contribution in [0.15, 0.2) is 54.6 Å². The quantitative estimate of drug-likeness (QED) is 0.661. The van der Waals surface area contributed by atoms with E-state index < -0.39 is 0 Å². The van der Waals surface area contributed by atoms with Crippen LogP contribution < -0.4 is 4.90 Å². The van der Waals surface area contributed by atoms with Gasteiger partial charge in [0.25, 0.3) is 5.91 Å². The minimum atomic E-state index is 0.0727. The van der Waals surface area contributed by atoms with Crippen LogP contribution in [-0.4, -0.2) is 16.9 Å². The van der Waals surface area contributed by atoms with E-state index in [0.717, 1.165) is 40.7 Å². The number of carbonyl (C=O) groups is 1. The highest BCUT2D eigenvalue weighted by Gasteiger charge is 2.29. The lowest BCUT2D eigenvalue weighted by molar-refractivity contribution is 0.0975. The summed E-state index contributed by atoms with van der Waals surface area (Å²) in [5, 5.41) is 1.08. The van der Waals surface area contributed by atoms with Gasteiger partial charge in [0.2, 0.25) is 0 Å². The van der Waals surface area contributed by atoms with Gasteiger partial charge in [-0.25, -0.2) is 0 Å². The van der Waals surface area contributed by atoms with Gasteiger partial charge in [-0.15, -0.1) is 0 Å². The lowest BCUT2D eigenvalue weighted by atomic mass is 9.94. The maximum absolute atomic E-state index is 13.1. The van der Waals surface area contributed by atoms with Crippen molar-refractivity contribution in [3.63, 3.8) is 0 Å².